The Kier molecular flexibility index (Phi) is 4.42. The third-order valence-corrected chi connectivity index (χ3v) is 4.06. The van der Waals surface area contributed by atoms with Gasteiger partial charge in [-0.3, -0.25) is 0 Å². The van der Waals surface area contributed by atoms with E-state index in [0.717, 1.165) is 0 Å². The summed E-state index contributed by atoms with van der Waals surface area (Å²) in [6, 6.07) is 0. The molecular formula is C11H15N3O3Se. The van der Waals surface area contributed by atoms with E-state index in [0.29, 0.717) is 4.67 Å². The predicted molar refractivity (Wildman–Crippen MR) is 69.8 cm³/mol. The number of carbonyl (C=O) groups is 1. The Morgan fingerprint density at radius 1 is 1.39 bits per heavy atom. The summed E-state index contributed by atoms with van der Waals surface area (Å²) in [4.78, 5) is 26.0. The molecule has 1 amide bonds. The quantitative estimate of drug-likeness (QED) is 0.409. The fraction of sp³-hybridized carbons (Fsp3) is 0.455. The molecule has 0 fully saturated rings. The Morgan fingerprint density at radius 2 is 2.00 bits per heavy atom. The van der Waals surface area contributed by atoms with Crippen LogP contribution in [0.5, 0.6) is 0 Å². The van der Waals surface area contributed by atoms with Crippen molar-refractivity contribution in [3.05, 3.63) is 34.4 Å². The number of allylic oxidation sites excluding steroid dienone is 2. The number of carbonyl (C=O) groups excluding carboxylic acids is 1. The van der Waals surface area contributed by atoms with Crippen LogP contribution in [0, 0.1) is 10.1 Å². The van der Waals surface area contributed by atoms with Crippen molar-refractivity contribution in [2.24, 2.45) is 0 Å². The van der Waals surface area contributed by atoms with Gasteiger partial charge in [-0.25, -0.2) is 0 Å². The molecule has 0 N–H and O–H groups in total. The fourth-order valence-electron chi connectivity index (χ4n) is 1.66. The van der Waals surface area contributed by atoms with Crippen LogP contribution in [0.25, 0.3) is 0 Å². The molecule has 0 saturated carbocycles. The van der Waals surface area contributed by atoms with Gasteiger partial charge in [-0.2, -0.15) is 0 Å². The molecule has 0 heterocycles. The first kappa shape index (κ1) is 14.6. The summed E-state index contributed by atoms with van der Waals surface area (Å²) in [6.07, 6.45) is 6.27. The molecule has 1 unspecified atom stereocenters. The van der Waals surface area contributed by atoms with Crippen LogP contribution < -0.4 is 0 Å². The first-order valence-electron chi connectivity index (χ1n) is 5.31. The third-order valence-electron chi connectivity index (χ3n) is 2.72. The van der Waals surface area contributed by atoms with Gasteiger partial charge >= 0.3 is 113 Å². The number of rotatable bonds is 4. The summed E-state index contributed by atoms with van der Waals surface area (Å²) in [5.74, 6) is -0.560. The Labute approximate surface area is 113 Å². The van der Waals surface area contributed by atoms with Crippen molar-refractivity contribution in [2.75, 3.05) is 21.1 Å². The normalized spacial score (nSPS) is 21.5. The molecule has 1 aliphatic carbocycles. The van der Waals surface area contributed by atoms with Crippen molar-refractivity contribution in [1.82, 2.24) is 9.80 Å². The number of nitrogens with zero attached hydrogens (tertiary/aromatic N) is 3. The Balaban J connectivity index is 3.06. The molecule has 98 valence electrons. The second-order valence-corrected chi connectivity index (χ2v) is 4.98. The van der Waals surface area contributed by atoms with E-state index >= 15 is 0 Å². The van der Waals surface area contributed by atoms with Crippen LogP contribution >= 0.6 is 0 Å². The zero-order chi connectivity index (χ0) is 13.9. The average Bonchev–Trinajstić information content (AvgIpc) is 2.36. The number of nitro groups is 1. The average molecular weight is 316 g/mol. The molecule has 1 atom stereocenters. The van der Waals surface area contributed by atoms with E-state index in [1.54, 1.807) is 31.1 Å². The molecule has 7 heteroatoms. The van der Waals surface area contributed by atoms with Crippen molar-refractivity contribution in [1.29, 1.82) is 0 Å². The van der Waals surface area contributed by atoms with Crippen molar-refractivity contribution in [3.63, 3.8) is 0 Å². The second kappa shape index (κ2) is 5.46. The topological polar surface area (TPSA) is 66.7 Å². The number of hydrogen-bond donors (Lipinski definition) is 0. The molecule has 0 aromatic heterocycles. The summed E-state index contributed by atoms with van der Waals surface area (Å²) in [5, 5.41) is 11.3. The van der Waals surface area contributed by atoms with Crippen LogP contribution in [-0.2, 0) is 4.79 Å². The molecule has 1 rings (SSSR count). The van der Waals surface area contributed by atoms with E-state index in [1.807, 2.05) is 0 Å². The molecule has 1 aliphatic rings. The van der Waals surface area contributed by atoms with Gasteiger partial charge in [0.25, 0.3) is 0 Å². The summed E-state index contributed by atoms with van der Waals surface area (Å²) in [5.41, 5.74) is -1.70. The van der Waals surface area contributed by atoms with Gasteiger partial charge in [0.05, 0.1) is 0 Å². The number of hydrogen-bond acceptors (Lipinski definition) is 4. The molecule has 6 nitrogen and oxygen atoms in total. The van der Waals surface area contributed by atoms with Crippen molar-refractivity contribution in [3.8, 4) is 0 Å². The van der Waals surface area contributed by atoms with Gasteiger partial charge in [-0.05, 0) is 0 Å². The fourth-order valence-corrected chi connectivity index (χ4v) is 1.83. The van der Waals surface area contributed by atoms with E-state index in [9.17, 15) is 14.9 Å². The molecule has 0 aromatic rings. The van der Waals surface area contributed by atoms with E-state index < -0.39 is 16.4 Å². The molecule has 0 spiro atoms. The van der Waals surface area contributed by atoms with Crippen LogP contribution in [0.1, 0.15) is 6.42 Å². The molecule has 18 heavy (non-hydrogen) atoms. The van der Waals surface area contributed by atoms with Crippen LogP contribution in [0.15, 0.2) is 24.3 Å². The maximum absolute atomic E-state index is 12.3. The van der Waals surface area contributed by atoms with Gasteiger partial charge in [-0.15, -0.1) is 0 Å². The molecule has 0 radical (unpaired) electrons. The van der Waals surface area contributed by atoms with E-state index in [2.05, 4.69) is 15.6 Å². The van der Waals surface area contributed by atoms with Gasteiger partial charge < -0.3 is 0 Å². The van der Waals surface area contributed by atoms with Crippen LogP contribution in [0.2, 0.25) is 0 Å². The van der Waals surface area contributed by atoms with Crippen molar-refractivity contribution < 1.29 is 9.72 Å². The maximum atomic E-state index is 12.3. The minimum absolute atomic E-state index is 0.0698. The van der Waals surface area contributed by atoms with Gasteiger partial charge in [0, 0.05) is 0 Å². The summed E-state index contributed by atoms with van der Waals surface area (Å²) in [7, 11) is 5.03. The van der Waals surface area contributed by atoms with Gasteiger partial charge in [-0.1, -0.05) is 0 Å². The third kappa shape index (κ3) is 2.52. The second-order valence-electron chi connectivity index (χ2n) is 4.21. The summed E-state index contributed by atoms with van der Waals surface area (Å²) < 4.78 is 0.532. The van der Waals surface area contributed by atoms with Crippen molar-refractivity contribution >= 4 is 26.1 Å². The van der Waals surface area contributed by atoms with Crippen LogP contribution in [0.3, 0.4) is 0 Å². The predicted octanol–water partition coefficient (Wildman–Crippen LogP) is -0.206. The van der Waals surface area contributed by atoms with E-state index in [1.165, 1.54) is 24.1 Å². The summed E-state index contributed by atoms with van der Waals surface area (Å²) >= 11 is 2.74. The van der Waals surface area contributed by atoms with E-state index in [4.69, 9.17) is 0 Å². The monoisotopic (exact) mass is 317 g/mol. The van der Waals surface area contributed by atoms with Gasteiger partial charge in [0.1, 0.15) is 0 Å². The Hall–Kier alpha value is -1.46. The Morgan fingerprint density at radius 3 is 2.39 bits per heavy atom. The SMILES string of the molecule is CN(C)C(=[Se])N(C)C(=O)C1([N+](=O)[O-])C=CC=CC1. The minimum atomic E-state index is -1.70. The van der Waals surface area contributed by atoms with Crippen molar-refractivity contribution in [2.45, 2.75) is 12.0 Å². The zero-order valence-corrected chi connectivity index (χ0v) is 12.2. The molecule has 0 aliphatic heterocycles. The molecule has 0 aromatic carbocycles. The van der Waals surface area contributed by atoms with Crippen LogP contribution in [0.4, 0.5) is 0 Å². The first-order chi connectivity index (χ1) is 8.33. The first-order valence-corrected chi connectivity index (χ1v) is 6.17. The number of amides is 1. The van der Waals surface area contributed by atoms with E-state index in [-0.39, 0.29) is 6.42 Å². The summed E-state index contributed by atoms with van der Waals surface area (Å²) in [6.45, 7) is 0. The molecule has 0 bridgehead atoms. The van der Waals surface area contributed by atoms with Gasteiger partial charge in [0.2, 0.25) is 0 Å². The molecule has 0 saturated heterocycles. The van der Waals surface area contributed by atoms with Crippen LogP contribution in [-0.4, -0.2) is 67.6 Å². The molecular weight excluding hydrogens is 301 g/mol. The standard InChI is InChI=1S/C11H15N3O3Se/c1-12(2)10(18)13(3)9(15)11(14(16)17)7-5-4-6-8-11/h4-7H,8H2,1-3H3. The zero-order valence-electron chi connectivity index (χ0n) is 10.5. The van der Waals surface area contributed by atoms with Gasteiger partial charge in [0.15, 0.2) is 0 Å². The number of likely N-dealkylation sites (N-methyl/N-ethyl adjacent to an activating group) is 1. The Bertz CT molecular complexity index is 445.